The van der Waals surface area contributed by atoms with Crippen LogP contribution in [0.25, 0.3) is 0 Å². The van der Waals surface area contributed by atoms with Crippen molar-refractivity contribution in [3.05, 3.63) is 42.0 Å². The summed E-state index contributed by atoms with van der Waals surface area (Å²) < 4.78 is 0. The van der Waals surface area contributed by atoms with Gasteiger partial charge < -0.3 is 20.4 Å². The molecule has 2 aliphatic rings. The minimum absolute atomic E-state index is 0.493. The van der Waals surface area contributed by atoms with Crippen LogP contribution in [0.4, 0.5) is 17.6 Å². The number of piperidine rings is 2. The Morgan fingerprint density at radius 2 is 1.84 bits per heavy atom. The molecule has 2 fully saturated rings. The number of benzene rings is 1. The Kier molecular flexibility index (Phi) is 7.22. The van der Waals surface area contributed by atoms with Gasteiger partial charge in [-0.2, -0.15) is 9.97 Å². The van der Waals surface area contributed by atoms with Crippen LogP contribution >= 0.6 is 12.2 Å². The predicted molar refractivity (Wildman–Crippen MR) is 133 cm³/mol. The summed E-state index contributed by atoms with van der Waals surface area (Å²) in [5, 5.41) is 7.06. The van der Waals surface area contributed by atoms with E-state index in [9.17, 15) is 0 Å². The van der Waals surface area contributed by atoms with Crippen molar-refractivity contribution in [2.24, 2.45) is 5.92 Å². The molecule has 166 valence electrons. The van der Waals surface area contributed by atoms with Gasteiger partial charge in [-0.25, -0.2) is 0 Å². The van der Waals surface area contributed by atoms with Crippen molar-refractivity contribution in [3.8, 4) is 0 Å². The van der Waals surface area contributed by atoms with Crippen LogP contribution in [0.1, 0.15) is 51.5 Å². The maximum Gasteiger partial charge on any atom is 0.232 e. The van der Waals surface area contributed by atoms with E-state index in [4.69, 9.17) is 22.2 Å². The van der Waals surface area contributed by atoms with Gasteiger partial charge in [-0.3, -0.25) is 0 Å². The summed E-state index contributed by atoms with van der Waals surface area (Å²) in [7, 11) is 0. The predicted octanol–water partition coefficient (Wildman–Crippen LogP) is 4.58. The van der Waals surface area contributed by atoms with Crippen molar-refractivity contribution in [1.82, 2.24) is 15.3 Å². The van der Waals surface area contributed by atoms with Crippen LogP contribution in [-0.4, -0.2) is 40.8 Å². The second kappa shape index (κ2) is 10.3. The smallest absolute Gasteiger partial charge is 0.232 e. The van der Waals surface area contributed by atoms with E-state index in [1.165, 1.54) is 37.7 Å². The number of thiocarbonyl (C=S) groups is 1. The number of anilines is 3. The van der Waals surface area contributed by atoms with Gasteiger partial charge in [0.15, 0.2) is 5.11 Å². The fourth-order valence-electron chi connectivity index (χ4n) is 4.55. The molecule has 0 aliphatic carbocycles. The van der Waals surface area contributed by atoms with E-state index < -0.39 is 0 Å². The van der Waals surface area contributed by atoms with Gasteiger partial charge in [0.25, 0.3) is 0 Å². The van der Waals surface area contributed by atoms with E-state index in [2.05, 4.69) is 52.5 Å². The van der Waals surface area contributed by atoms with Crippen molar-refractivity contribution in [2.75, 3.05) is 34.8 Å². The number of aromatic nitrogens is 2. The van der Waals surface area contributed by atoms with Crippen molar-refractivity contribution in [1.29, 1.82) is 0 Å². The van der Waals surface area contributed by atoms with Crippen LogP contribution in [0, 0.1) is 5.92 Å². The highest BCUT2D eigenvalue weighted by molar-refractivity contribution is 7.80. The molecular formula is C24H34N6S. The third-order valence-corrected chi connectivity index (χ3v) is 6.54. The lowest BCUT2D eigenvalue weighted by molar-refractivity contribution is 0.444. The fourth-order valence-corrected chi connectivity index (χ4v) is 4.71. The summed E-state index contributed by atoms with van der Waals surface area (Å²) in [5.41, 5.74) is 1.19. The van der Waals surface area contributed by atoms with Gasteiger partial charge in [-0.1, -0.05) is 37.3 Å². The zero-order chi connectivity index (χ0) is 21.6. The molecule has 6 nitrogen and oxygen atoms in total. The van der Waals surface area contributed by atoms with Crippen LogP contribution in [0.2, 0.25) is 0 Å². The Hall–Kier alpha value is -2.41. The monoisotopic (exact) mass is 438 g/mol. The Morgan fingerprint density at radius 3 is 2.61 bits per heavy atom. The molecule has 2 saturated heterocycles. The Morgan fingerprint density at radius 1 is 1.03 bits per heavy atom. The fraction of sp³-hybridized carbons (Fsp3) is 0.542. The van der Waals surface area contributed by atoms with Gasteiger partial charge in [0.1, 0.15) is 11.6 Å². The second-order valence-electron chi connectivity index (χ2n) is 8.93. The van der Waals surface area contributed by atoms with Gasteiger partial charge in [-0.15, -0.1) is 0 Å². The van der Waals surface area contributed by atoms with E-state index in [1.807, 2.05) is 18.2 Å². The third kappa shape index (κ3) is 5.85. The van der Waals surface area contributed by atoms with E-state index in [0.29, 0.717) is 29.6 Å². The largest absolute Gasteiger partial charge is 0.358 e. The van der Waals surface area contributed by atoms with Crippen molar-refractivity contribution >= 4 is 34.9 Å². The molecule has 0 saturated carbocycles. The molecule has 2 N–H and O–H groups in total. The summed E-state index contributed by atoms with van der Waals surface area (Å²) in [4.78, 5) is 14.5. The Balaban J connectivity index is 1.52. The first-order chi connectivity index (χ1) is 15.1. The molecule has 0 radical (unpaired) electrons. The zero-order valence-electron chi connectivity index (χ0n) is 18.7. The SMILES string of the molecule is C[C@H]1CCCN(c2cc(N3CCCC[C@@H]3C)nc(NC(=S)NCc3ccccc3)n2)C1. The molecule has 1 aromatic heterocycles. The highest BCUT2D eigenvalue weighted by atomic mass is 32.1. The van der Waals surface area contributed by atoms with E-state index in [0.717, 1.165) is 31.3 Å². The van der Waals surface area contributed by atoms with Crippen molar-refractivity contribution in [2.45, 2.75) is 58.5 Å². The van der Waals surface area contributed by atoms with Crippen LogP contribution in [0.3, 0.4) is 0 Å². The summed E-state index contributed by atoms with van der Waals surface area (Å²) in [6, 6.07) is 12.9. The summed E-state index contributed by atoms with van der Waals surface area (Å²) in [6.07, 6.45) is 6.21. The van der Waals surface area contributed by atoms with Crippen molar-refractivity contribution in [3.63, 3.8) is 0 Å². The van der Waals surface area contributed by atoms with Crippen LogP contribution in [0.15, 0.2) is 36.4 Å². The Bertz CT molecular complexity index is 874. The molecule has 31 heavy (non-hydrogen) atoms. The highest BCUT2D eigenvalue weighted by Gasteiger charge is 2.24. The average molecular weight is 439 g/mol. The number of hydrogen-bond acceptors (Lipinski definition) is 5. The molecular weight excluding hydrogens is 404 g/mol. The first-order valence-electron chi connectivity index (χ1n) is 11.6. The molecule has 3 heterocycles. The van der Waals surface area contributed by atoms with Crippen LogP contribution in [-0.2, 0) is 6.54 Å². The molecule has 2 aromatic rings. The van der Waals surface area contributed by atoms with Gasteiger partial charge >= 0.3 is 0 Å². The number of nitrogens with one attached hydrogen (secondary N) is 2. The summed E-state index contributed by atoms with van der Waals surface area (Å²) in [6.45, 7) is 8.43. The quantitative estimate of drug-likeness (QED) is 0.663. The highest BCUT2D eigenvalue weighted by Crippen LogP contribution is 2.29. The van der Waals surface area contributed by atoms with Gasteiger partial charge in [0.05, 0.1) is 0 Å². The van der Waals surface area contributed by atoms with E-state index in [-0.39, 0.29) is 0 Å². The molecule has 0 unspecified atom stereocenters. The molecule has 4 rings (SSSR count). The van der Waals surface area contributed by atoms with E-state index >= 15 is 0 Å². The lowest BCUT2D eigenvalue weighted by atomic mass is 10.0. The van der Waals surface area contributed by atoms with E-state index in [1.54, 1.807) is 0 Å². The molecule has 0 amide bonds. The van der Waals surface area contributed by atoms with Crippen LogP contribution in [0.5, 0.6) is 0 Å². The second-order valence-corrected chi connectivity index (χ2v) is 9.34. The lowest BCUT2D eigenvalue weighted by Gasteiger charge is -2.36. The average Bonchev–Trinajstić information content (AvgIpc) is 2.78. The molecule has 0 bridgehead atoms. The number of hydrogen-bond donors (Lipinski definition) is 2. The zero-order valence-corrected chi connectivity index (χ0v) is 19.5. The molecule has 2 aliphatic heterocycles. The van der Waals surface area contributed by atoms with Gasteiger partial charge in [0.2, 0.25) is 5.95 Å². The summed E-state index contributed by atoms with van der Waals surface area (Å²) in [5.74, 6) is 3.27. The molecule has 2 atom stereocenters. The maximum atomic E-state index is 5.55. The van der Waals surface area contributed by atoms with Crippen LogP contribution < -0.4 is 20.4 Å². The normalized spacial score (nSPS) is 21.6. The molecule has 0 spiro atoms. The lowest BCUT2D eigenvalue weighted by Crippen LogP contribution is -2.39. The third-order valence-electron chi connectivity index (χ3n) is 6.30. The first-order valence-corrected chi connectivity index (χ1v) is 12.0. The topological polar surface area (TPSA) is 56.3 Å². The number of nitrogens with zero attached hydrogens (tertiary/aromatic N) is 4. The Labute approximate surface area is 191 Å². The molecule has 7 heteroatoms. The molecule has 1 aromatic carbocycles. The maximum absolute atomic E-state index is 5.55. The van der Waals surface area contributed by atoms with Crippen molar-refractivity contribution < 1.29 is 0 Å². The minimum atomic E-state index is 0.493. The standard InChI is InChI=1S/C24H34N6S/c1-18-9-8-13-29(17-18)21-15-22(30-14-7-6-10-19(30)2)27-23(26-21)28-24(31)25-16-20-11-4-3-5-12-20/h3-5,11-12,15,18-19H,6-10,13-14,16-17H2,1-2H3,(H2,25,26,27,28,31)/t18-,19-/m0/s1. The number of rotatable bonds is 5. The van der Waals surface area contributed by atoms with Gasteiger partial charge in [-0.05, 0) is 62.7 Å². The van der Waals surface area contributed by atoms with Gasteiger partial charge in [0, 0.05) is 38.3 Å². The minimum Gasteiger partial charge on any atom is -0.358 e. The summed E-state index contributed by atoms with van der Waals surface area (Å²) >= 11 is 5.55. The first kappa shape index (κ1) is 21.8.